The zero-order chi connectivity index (χ0) is 20.8. The molecule has 9 nitrogen and oxygen atoms in total. The highest BCUT2D eigenvalue weighted by atomic mass is 16.4. The highest BCUT2D eigenvalue weighted by Gasteiger charge is 2.16. The van der Waals surface area contributed by atoms with Crippen molar-refractivity contribution in [3.8, 4) is 11.5 Å². The van der Waals surface area contributed by atoms with Crippen molar-refractivity contribution < 1.29 is 29.7 Å². The van der Waals surface area contributed by atoms with Crippen molar-refractivity contribution in [3.05, 3.63) is 23.8 Å². The first-order chi connectivity index (χ1) is 12.7. The molecule has 0 saturated carbocycles. The van der Waals surface area contributed by atoms with E-state index in [0.717, 1.165) is 13.3 Å². The van der Waals surface area contributed by atoms with Crippen molar-refractivity contribution in [1.29, 1.82) is 0 Å². The summed E-state index contributed by atoms with van der Waals surface area (Å²) in [6.45, 7) is 1.94. The molecule has 27 heavy (non-hydrogen) atoms. The quantitative estimate of drug-likeness (QED) is 0.246. The lowest BCUT2D eigenvalue weighted by molar-refractivity contribution is -0.134. The molecule has 9 heteroatoms. The van der Waals surface area contributed by atoms with Crippen LogP contribution in [-0.4, -0.2) is 52.1 Å². The first-order valence-electron chi connectivity index (χ1n) is 8.62. The molecule has 1 rings (SSSR count). The minimum atomic E-state index is -0.833. The Morgan fingerprint density at radius 2 is 1.81 bits per heavy atom. The third-order valence-electron chi connectivity index (χ3n) is 3.48. The van der Waals surface area contributed by atoms with Crippen LogP contribution >= 0.6 is 0 Å². The minimum absolute atomic E-state index is 0.00704. The Kier molecular flexibility index (Phi) is 12.2. The third kappa shape index (κ3) is 12.4. The number of phenolic OH excluding ortho intramolecular Hbond substituents is 2. The normalized spacial score (nSPS) is 11.1. The number of aromatic hydroxyl groups is 2. The van der Waals surface area contributed by atoms with E-state index in [4.69, 9.17) is 21.4 Å². The number of nitrogens with one attached hydrogen (secondary N) is 1. The Balaban J connectivity index is 0.00000153. The van der Waals surface area contributed by atoms with E-state index in [9.17, 15) is 19.8 Å². The monoisotopic (exact) mass is 383 g/mol. The summed E-state index contributed by atoms with van der Waals surface area (Å²) in [6, 6.07) is 3.42. The largest absolute Gasteiger partial charge is 0.508 e. The van der Waals surface area contributed by atoms with Crippen LogP contribution in [-0.2, 0) is 20.8 Å². The maximum atomic E-state index is 12.0. The highest BCUT2D eigenvalue weighted by Crippen LogP contribution is 2.23. The van der Waals surface area contributed by atoms with Gasteiger partial charge in [0.25, 0.3) is 5.97 Å². The maximum absolute atomic E-state index is 12.0. The molecule has 0 aliphatic heterocycles. The molecule has 0 fully saturated rings. The molecular formula is C18H29N3O6. The van der Waals surface area contributed by atoms with Crippen molar-refractivity contribution in [3.63, 3.8) is 0 Å². The van der Waals surface area contributed by atoms with Gasteiger partial charge in [0.15, 0.2) is 5.78 Å². The second kappa shape index (κ2) is 13.5. The lowest BCUT2D eigenvalue weighted by Crippen LogP contribution is -2.32. The summed E-state index contributed by atoms with van der Waals surface area (Å²) < 4.78 is 0. The molecule has 0 radical (unpaired) electrons. The maximum Gasteiger partial charge on any atom is 0.300 e. The van der Waals surface area contributed by atoms with Crippen LogP contribution in [0.25, 0.3) is 0 Å². The molecule has 0 bridgehead atoms. The second-order valence-corrected chi connectivity index (χ2v) is 5.97. The number of nitrogens with two attached hydrogens (primary N) is 2. The molecule has 152 valence electrons. The average Bonchev–Trinajstić information content (AvgIpc) is 2.57. The van der Waals surface area contributed by atoms with Gasteiger partial charge >= 0.3 is 0 Å². The predicted molar refractivity (Wildman–Crippen MR) is 100 cm³/mol. The smallest absolute Gasteiger partial charge is 0.300 e. The van der Waals surface area contributed by atoms with E-state index >= 15 is 0 Å². The zero-order valence-corrected chi connectivity index (χ0v) is 15.5. The van der Waals surface area contributed by atoms with Crippen molar-refractivity contribution >= 4 is 17.7 Å². The van der Waals surface area contributed by atoms with Gasteiger partial charge in [0, 0.05) is 38.4 Å². The molecule has 0 saturated heterocycles. The number of carbonyl (C=O) groups is 3. The number of benzene rings is 1. The van der Waals surface area contributed by atoms with E-state index in [1.165, 1.54) is 18.2 Å². The van der Waals surface area contributed by atoms with E-state index < -0.39 is 12.0 Å². The van der Waals surface area contributed by atoms with Crippen LogP contribution in [0.1, 0.15) is 38.2 Å². The Morgan fingerprint density at radius 3 is 2.41 bits per heavy atom. The molecular weight excluding hydrogens is 354 g/mol. The van der Waals surface area contributed by atoms with E-state index in [1.807, 2.05) is 0 Å². The molecule has 1 aromatic carbocycles. The van der Waals surface area contributed by atoms with E-state index in [1.54, 1.807) is 0 Å². The topological polar surface area (TPSA) is 176 Å². The number of carbonyl (C=O) groups excluding carboxylic acids is 2. The van der Waals surface area contributed by atoms with Gasteiger partial charge in [0.2, 0.25) is 5.91 Å². The number of unbranched alkanes of at least 4 members (excludes halogenated alkanes) is 1. The predicted octanol–water partition coefficient (Wildman–Crippen LogP) is 0.263. The van der Waals surface area contributed by atoms with Crippen LogP contribution in [0.15, 0.2) is 18.2 Å². The minimum Gasteiger partial charge on any atom is -0.508 e. The van der Waals surface area contributed by atoms with Crippen LogP contribution < -0.4 is 16.8 Å². The molecule has 0 aliphatic carbocycles. The Hall–Kier alpha value is -2.65. The van der Waals surface area contributed by atoms with Gasteiger partial charge in [-0.05, 0) is 37.5 Å². The first-order valence-corrected chi connectivity index (χ1v) is 8.62. The summed E-state index contributed by atoms with van der Waals surface area (Å²) in [7, 11) is 0. The molecule has 1 atom stereocenters. The Morgan fingerprint density at radius 1 is 1.19 bits per heavy atom. The molecule has 1 unspecified atom stereocenters. The highest BCUT2D eigenvalue weighted by molar-refractivity contribution is 5.86. The van der Waals surface area contributed by atoms with E-state index in [2.05, 4.69) is 5.32 Å². The fourth-order valence-electron chi connectivity index (χ4n) is 2.13. The summed E-state index contributed by atoms with van der Waals surface area (Å²) >= 11 is 0. The average molecular weight is 383 g/mol. The van der Waals surface area contributed by atoms with Crippen molar-refractivity contribution in [2.24, 2.45) is 11.5 Å². The summed E-state index contributed by atoms with van der Waals surface area (Å²) in [5.41, 5.74) is 11.5. The molecule has 0 aliphatic rings. The lowest BCUT2D eigenvalue weighted by atomic mass is 9.99. The van der Waals surface area contributed by atoms with E-state index in [-0.39, 0.29) is 29.6 Å². The van der Waals surface area contributed by atoms with Crippen LogP contribution in [0, 0.1) is 0 Å². The number of Topliss-reactive ketones (excluding diaryl/α,β-unsaturated/α-hetero) is 1. The number of phenols is 2. The Labute approximate surface area is 158 Å². The number of hydrogen-bond donors (Lipinski definition) is 6. The zero-order valence-electron chi connectivity index (χ0n) is 15.5. The van der Waals surface area contributed by atoms with Crippen molar-refractivity contribution in [1.82, 2.24) is 5.32 Å². The van der Waals surface area contributed by atoms with Gasteiger partial charge in [-0.3, -0.25) is 14.4 Å². The van der Waals surface area contributed by atoms with Gasteiger partial charge in [-0.25, -0.2) is 0 Å². The van der Waals surface area contributed by atoms with Gasteiger partial charge < -0.3 is 32.1 Å². The van der Waals surface area contributed by atoms with E-state index in [0.29, 0.717) is 37.9 Å². The molecule has 0 heterocycles. The lowest BCUT2D eigenvalue weighted by Gasteiger charge is -2.12. The summed E-state index contributed by atoms with van der Waals surface area (Å²) in [6.07, 6.45) is 2.24. The van der Waals surface area contributed by atoms with Crippen molar-refractivity contribution in [2.45, 2.75) is 45.1 Å². The van der Waals surface area contributed by atoms with Gasteiger partial charge in [0.1, 0.15) is 11.5 Å². The molecule has 8 N–H and O–H groups in total. The summed E-state index contributed by atoms with van der Waals surface area (Å²) in [5, 5.41) is 29.2. The van der Waals surface area contributed by atoms with Gasteiger partial charge in [0.05, 0.1) is 6.04 Å². The number of amides is 1. The summed E-state index contributed by atoms with van der Waals surface area (Å²) in [4.78, 5) is 32.2. The van der Waals surface area contributed by atoms with Gasteiger partial charge in [-0.15, -0.1) is 0 Å². The molecule has 0 aromatic heterocycles. The second-order valence-electron chi connectivity index (χ2n) is 5.97. The number of aliphatic carboxylic acids is 1. The van der Waals surface area contributed by atoms with Crippen LogP contribution in [0.5, 0.6) is 11.5 Å². The number of ketones is 1. The van der Waals surface area contributed by atoms with Crippen LogP contribution in [0.4, 0.5) is 0 Å². The fourth-order valence-corrected chi connectivity index (χ4v) is 2.13. The number of carboxylic acid groups (broad SMARTS) is 1. The van der Waals surface area contributed by atoms with Crippen LogP contribution in [0.3, 0.4) is 0 Å². The molecule has 1 amide bonds. The number of hydrogen-bond acceptors (Lipinski definition) is 7. The van der Waals surface area contributed by atoms with Crippen molar-refractivity contribution in [2.75, 3.05) is 13.1 Å². The number of rotatable bonds is 10. The third-order valence-corrected chi connectivity index (χ3v) is 3.48. The fraction of sp³-hybridized carbons (Fsp3) is 0.500. The Bertz CT molecular complexity index is 617. The SMILES string of the molecule is CC(=O)O.NCCC(=O)NCCCCC(N)C(=O)Cc1cc(O)ccc1O. The standard InChI is InChI=1S/C16H25N3O4.C2H4O2/c17-7-6-16(23)19-8-2-1-3-13(18)15(22)10-11-9-12(20)4-5-14(11)21;1-2(3)4/h4-5,9,13,20-21H,1-3,6-8,10,17-18H2,(H,19,23);1H3,(H,3,4). The molecule has 0 spiro atoms. The first kappa shape index (κ1) is 24.4. The van der Waals surface area contributed by atoms with Gasteiger partial charge in [-0.2, -0.15) is 0 Å². The summed E-state index contributed by atoms with van der Waals surface area (Å²) in [5.74, 6) is -1.15. The van der Waals surface area contributed by atoms with Crippen LogP contribution in [0.2, 0.25) is 0 Å². The van der Waals surface area contributed by atoms with Gasteiger partial charge in [-0.1, -0.05) is 0 Å². The molecule has 1 aromatic rings. The number of carboxylic acids is 1.